The fourth-order valence-electron chi connectivity index (χ4n) is 1.24. The highest BCUT2D eigenvalue weighted by atomic mass is 16.5. The van der Waals surface area contributed by atoms with E-state index in [0.717, 1.165) is 5.56 Å². The van der Waals surface area contributed by atoms with Crippen molar-refractivity contribution in [3.05, 3.63) is 29.3 Å². The summed E-state index contributed by atoms with van der Waals surface area (Å²) in [5.74, 6) is -0.0582. The highest BCUT2D eigenvalue weighted by molar-refractivity contribution is 5.52. The Morgan fingerprint density at radius 3 is 2.53 bits per heavy atom. The number of methoxy groups -OCH3 is 1. The average Bonchev–Trinajstić information content (AvgIpc) is 2.19. The molecular formula is C12H16O3. The number of hydrogen-bond donors (Lipinski definition) is 2. The number of phenolic OH excluding ortho intramolecular Hbond substituents is 2. The normalized spacial score (nSPS) is 9.80. The largest absolute Gasteiger partial charge is 0.504 e. The van der Waals surface area contributed by atoms with Crippen LogP contribution >= 0.6 is 0 Å². The van der Waals surface area contributed by atoms with Crippen LogP contribution in [-0.4, -0.2) is 17.3 Å². The van der Waals surface area contributed by atoms with Crippen LogP contribution in [0.15, 0.2) is 23.8 Å². The summed E-state index contributed by atoms with van der Waals surface area (Å²) in [5, 5.41) is 18.8. The van der Waals surface area contributed by atoms with Gasteiger partial charge in [-0.2, -0.15) is 0 Å². The van der Waals surface area contributed by atoms with E-state index in [-0.39, 0.29) is 11.5 Å². The minimum absolute atomic E-state index is 0.147. The van der Waals surface area contributed by atoms with E-state index in [1.165, 1.54) is 18.7 Å². The van der Waals surface area contributed by atoms with Gasteiger partial charge in [0.05, 0.1) is 7.11 Å². The fraction of sp³-hybridized carbons (Fsp3) is 0.333. The molecule has 15 heavy (non-hydrogen) atoms. The molecule has 0 aliphatic heterocycles. The molecule has 0 fully saturated rings. The standard InChI is InChI=1S/C12H16O3/c1-8(2)4-5-9-6-10(13)12(14)11(7-9)15-3/h4,6-7,13-14H,5H2,1-3H3. The molecule has 1 rings (SSSR count). The Hall–Kier alpha value is -1.64. The van der Waals surface area contributed by atoms with Gasteiger partial charge in [-0.3, -0.25) is 0 Å². The summed E-state index contributed by atoms with van der Waals surface area (Å²) in [6.07, 6.45) is 2.76. The van der Waals surface area contributed by atoms with E-state index in [1.54, 1.807) is 6.07 Å². The number of rotatable bonds is 3. The van der Waals surface area contributed by atoms with Gasteiger partial charge in [-0.1, -0.05) is 11.6 Å². The topological polar surface area (TPSA) is 49.7 Å². The maximum atomic E-state index is 9.43. The van der Waals surface area contributed by atoms with Crippen LogP contribution in [0.5, 0.6) is 17.2 Å². The molecular weight excluding hydrogens is 192 g/mol. The minimum atomic E-state index is -0.210. The molecule has 0 saturated heterocycles. The second kappa shape index (κ2) is 4.73. The lowest BCUT2D eigenvalue weighted by molar-refractivity contribution is 0.350. The van der Waals surface area contributed by atoms with Gasteiger partial charge in [-0.05, 0) is 38.0 Å². The number of allylic oxidation sites excluding steroid dienone is 2. The van der Waals surface area contributed by atoms with E-state index < -0.39 is 0 Å². The molecule has 3 heteroatoms. The van der Waals surface area contributed by atoms with Gasteiger partial charge < -0.3 is 14.9 Å². The van der Waals surface area contributed by atoms with Crippen LogP contribution < -0.4 is 4.74 Å². The van der Waals surface area contributed by atoms with Crippen molar-refractivity contribution in [1.29, 1.82) is 0 Å². The molecule has 0 saturated carbocycles. The summed E-state index contributed by atoms with van der Waals surface area (Å²) in [6.45, 7) is 4.02. The van der Waals surface area contributed by atoms with Gasteiger partial charge in [0.1, 0.15) is 0 Å². The number of ether oxygens (including phenoxy) is 1. The molecule has 0 heterocycles. The summed E-state index contributed by atoms with van der Waals surface area (Å²) >= 11 is 0. The lowest BCUT2D eigenvalue weighted by atomic mass is 10.1. The van der Waals surface area contributed by atoms with Gasteiger partial charge in [0.2, 0.25) is 5.75 Å². The predicted octanol–water partition coefficient (Wildman–Crippen LogP) is 2.62. The van der Waals surface area contributed by atoms with Crippen molar-refractivity contribution in [3.63, 3.8) is 0 Å². The number of aromatic hydroxyl groups is 2. The first kappa shape index (κ1) is 11.4. The molecule has 1 aromatic carbocycles. The molecule has 2 N–H and O–H groups in total. The lowest BCUT2D eigenvalue weighted by Gasteiger charge is -2.07. The third-order valence-corrected chi connectivity index (χ3v) is 2.08. The quantitative estimate of drug-likeness (QED) is 0.593. The van der Waals surface area contributed by atoms with Crippen LogP contribution in [0.25, 0.3) is 0 Å². The van der Waals surface area contributed by atoms with Crippen LogP contribution in [0.2, 0.25) is 0 Å². The molecule has 0 aromatic heterocycles. The molecule has 0 spiro atoms. The van der Waals surface area contributed by atoms with Crippen molar-refractivity contribution in [1.82, 2.24) is 0 Å². The zero-order valence-electron chi connectivity index (χ0n) is 9.24. The zero-order chi connectivity index (χ0) is 11.4. The molecule has 0 bridgehead atoms. The third kappa shape index (κ3) is 2.91. The van der Waals surface area contributed by atoms with Crippen LogP contribution in [0.4, 0.5) is 0 Å². The third-order valence-electron chi connectivity index (χ3n) is 2.08. The van der Waals surface area contributed by atoms with Crippen molar-refractivity contribution >= 4 is 0 Å². The number of phenols is 2. The van der Waals surface area contributed by atoms with Crippen molar-refractivity contribution in [2.45, 2.75) is 20.3 Å². The van der Waals surface area contributed by atoms with Crippen molar-refractivity contribution < 1.29 is 14.9 Å². The molecule has 0 unspecified atom stereocenters. The first-order valence-electron chi connectivity index (χ1n) is 4.76. The molecule has 0 radical (unpaired) electrons. The Balaban J connectivity index is 3.01. The van der Waals surface area contributed by atoms with Gasteiger partial charge in [-0.15, -0.1) is 0 Å². The van der Waals surface area contributed by atoms with Gasteiger partial charge in [-0.25, -0.2) is 0 Å². The van der Waals surface area contributed by atoms with Gasteiger partial charge in [0.25, 0.3) is 0 Å². The summed E-state index contributed by atoms with van der Waals surface area (Å²) < 4.78 is 4.94. The van der Waals surface area contributed by atoms with Crippen molar-refractivity contribution in [2.75, 3.05) is 7.11 Å². The van der Waals surface area contributed by atoms with Crippen molar-refractivity contribution in [3.8, 4) is 17.2 Å². The maximum Gasteiger partial charge on any atom is 0.200 e. The van der Waals surface area contributed by atoms with E-state index in [0.29, 0.717) is 12.2 Å². The highest BCUT2D eigenvalue weighted by Crippen LogP contribution is 2.36. The molecule has 3 nitrogen and oxygen atoms in total. The van der Waals surface area contributed by atoms with Crippen LogP contribution in [0.3, 0.4) is 0 Å². The van der Waals surface area contributed by atoms with E-state index in [4.69, 9.17) is 4.74 Å². The average molecular weight is 208 g/mol. The Bertz CT molecular complexity index is 377. The first-order chi connectivity index (χ1) is 7.04. The summed E-state index contributed by atoms with van der Waals surface area (Å²) in [7, 11) is 1.46. The number of hydrogen-bond acceptors (Lipinski definition) is 3. The Kier molecular flexibility index (Phi) is 3.61. The van der Waals surface area contributed by atoms with Crippen LogP contribution in [0, 0.1) is 0 Å². The zero-order valence-corrected chi connectivity index (χ0v) is 9.24. The number of benzene rings is 1. The molecule has 1 aromatic rings. The van der Waals surface area contributed by atoms with Crippen LogP contribution in [0.1, 0.15) is 19.4 Å². The summed E-state index contributed by atoms with van der Waals surface area (Å²) in [6, 6.07) is 3.26. The second-order valence-electron chi connectivity index (χ2n) is 3.65. The van der Waals surface area contributed by atoms with Crippen LogP contribution in [-0.2, 0) is 6.42 Å². The van der Waals surface area contributed by atoms with Gasteiger partial charge >= 0.3 is 0 Å². The smallest absolute Gasteiger partial charge is 0.200 e. The van der Waals surface area contributed by atoms with E-state index in [9.17, 15) is 10.2 Å². The first-order valence-corrected chi connectivity index (χ1v) is 4.76. The summed E-state index contributed by atoms with van der Waals surface area (Å²) in [4.78, 5) is 0. The Morgan fingerprint density at radius 1 is 1.33 bits per heavy atom. The van der Waals surface area contributed by atoms with Gasteiger partial charge in [0, 0.05) is 0 Å². The van der Waals surface area contributed by atoms with E-state index in [2.05, 4.69) is 0 Å². The van der Waals surface area contributed by atoms with E-state index in [1.807, 2.05) is 19.9 Å². The monoisotopic (exact) mass is 208 g/mol. The SMILES string of the molecule is COc1cc(CC=C(C)C)cc(O)c1O. The maximum absolute atomic E-state index is 9.43. The highest BCUT2D eigenvalue weighted by Gasteiger charge is 2.08. The fourth-order valence-corrected chi connectivity index (χ4v) is 1.24. The molecule has 82 valence electrons. The van der Waals surface area contributed by atoms with E-state index >= 15 is 0 Å². The molecule has 0 amide bonds. The van der Waals surface area contributed by atoms with Gasteiger partial charge in [0.15, 0.2) is 11.5 Å². The molecule has 0 atom stereocenters. The second-order valence-corrected chi connectivity index (χ2v) is 3.65. The predicted molar refractivity (Wildman–Crippen MR) is 59.5 cm³/mol. The van der Waals surface area contributed by atoms with Crippen molar-refractivity contribution in [2.24, 2.45) is 0 Å². The lowest BCUT2D eigenvalue weighted by Crippen LogP contribution is -1.88. The Labute approximate surface area is 89.6 Å². The Morgan fingerprint density at radius 2 is 2.00 bits per heavy atom. The minimum Gasteiger partial charge on any atom is -0.504 e. The molecule has 0 aliphatic carbocycles. The summed E-state index contributed by atoms with van der Waals surface area (Å²) in [5.41, 5.74) is 2.12. The molecule has 0 aliphatic rings.